The summed E-state index contributed by atoms with van der Waals surface area (Å²) in [6, 6.07) is 23.4. The van der Waals surface area contributed by atoms with E-state index in [1.54, 1.807) is 0 Å². The highest BCUT2D eigenvalue weighted by Gasteiger charge is 2.33. The Labute approximate surface area is 138 Å². The van der Waals surface area contributed by atoms with Crippen molar-refractivity contribution in [3.8, 4) is 6.07 Å². The van der Waals surface area contributed by atoms with Gasteiger partial charge in [-0.25, -0.2) is 0 Å². The number of likely N-dealkylation sites (tertiary alicyclic amines) is 1. The molecule has 0 radical (unpaired) electrons. The highest BCUT2D eigenvalue weighted by Crippen LogP contribution is 2.26. The second-order valence-electron chi connectivity index (χ2n) is 6.03. The first-order valence-corrected chi connectivity index (χ1v) is 8.18. The molecule has 0 N–H and O–H groups in total. The zero-order valence-electron chi connectivity index (χ0n) is 13.3. The van der Waals surface area contributed by atoms with E-state index in [9.17, 15) is 5.26 Å². The van der Waals surface area contributed by atoms with Crippen LogP contribution in [0.1, 0.15) is 24.0 Å². The first-order valence-electron chi connectivity index (χ1n) is 8.18. The van der Waals surface area contributed by atoms with Crippen molar-refractivity contribution < 1.29 is 4.74 Å². The Balaban J connectivity index is 1.58. The molecule has 2 aromatic carbocycles. The molecule has 1 heterocycles. The van der Waals surface area contributed by atoms with Gasteiger partial charge in [-0.3, -0.25) is 4.90 Å². The van der Waals surface area contributed by atoms with Gasteiger partial charge in [0, 0.05) is 12.6 Å². The Morgan fingerprint density at radius 1 is 0.957 bits per heavy atom. The number of hydrogen-bond donors (Lipinski definition) is 0. The molecule has 118 valence electrons. The second-order valence-corrected chi connectivity index (χ2v) is 6.03. The highest BCUT2D eigenvalue weighted by atomic mass is 16.5. The van der Waals surface area contributed by atoms with E-state index in [1.807, 2.05) is 36.4 Å². The Morgan fingerprint density at radius 2 is 1.61 bits per heavy atom. The molecule has 1 aliphatic rings. The molecular weight excluding hydrogens is 284 g/mol. The smallest absolute Gasteiger partial charge is 0.0984 e. The van der Waals surface area contributed by atoms with Crippen LogP contribution in [-0.4, -0.2) is 23.6 Å². The van der Waals surface area contributed by atoms with Crippen LogP contribution in [0.15, 0.2) is 60.7 Å². The van der Waals surface area contributed by atoms with Crippen LogP contribution in [0.25, 0.3) is 0 Å². The number of hydrogen-bond acceptors (Lipinski definition) is 3. The average Bonchev–Trinajstić information content (AvgIpc) is 2.99. The van der Waals surface area contributed by atoms with Gasteiger partial charge >= 0.3 is 0 Å². The topological polar surface area (TPSA) is 36.3 Å². The number of nitriles is 1. The molecule has 0 aromatic heterocycles. The summed E-state index contributed by atoms with van der Waals surface area (Å²) in [5.74, 6) is 0. The number of benzene rings is 2. The van der Waals surface area contributed by atoms with Crippen molar-refractivity contribution in [3.63, 3.8) is 0 Å². The summed E-state index contributed by atoms with van der Waals surface area (Å²) >= 11 is 0. The molecule has 1 unspecified atom stereocenters. The van der Waals surface area contributed by atoms with Gasteiger partial charge in [-0.15, -0.1) is 0 Å². The van der Waals surface area contributed by atoms with Crippen molar-refractivity contribution in [2.24, 2.45) is 0 Å². The largest absolute Gasteiger partial charge is 0.375 e. The van der Waals surface area contributed by atoms with E-state index in [0.29, 0.717) is 19.3 Å². The summed E-state index contributed by atoms with van der Waals surface area (Å²) in [4.78, 5) is 2.29. The van der Waals surface area contributed by atoms with Gasteiger partial charge < -0.3 is 4.74 Å². The molecule has 3 heteroatoms. The SMILES string of the molecule is N#CC1CC[C@@H](COCc2ccccc2)N1Cc1ccccc1. The van der Waals surface area contributed by atoms with Gasteiger partial charge in [-0.2, -0.15) is 5.26 Å². The second kappa shape index (κ2) is 7.92. The maximum Gasteiger partial charge on any atom is 0.0984 e. The zero-order chi connectivity index (χ0) is 15.9. The molecule has 2 atom stereocenters. The van der Waals surface area contributed by atoms with E-state index in [1.165, 1.54) is 11.1 Å². The lowest BCUT2D eigenvalue weighted by atomic mass is 10.2. The van der Waals surface area contributed by atoms with Crippen molar-refractivity contribution >= 4 is 0 Å². The van der Waals surface area contributed by atoms with Crippen molar-refractivity contribution in [3.05, 3.63) is 71.8 Å². The standard InChI is InChI=1S/C20H22N2O/c21-13-19-11-12-20(16-23-15-18-9-5-2-6-10-18)22(19)14-17-7-3-1-4-8-17/h1-10,19-20H,11-12,14-16H2/t19?,20-/m0/s1. The predicted molar refractivity (Wildman–Crippen MR) is 90.5 cm³/mol. The number of nitrogens with zero attached hydrogens (tertiary/aromatic N) is 2. The summed E-state index contributed by atoms with van der Waals surface area (Å²) in [7, 11) is 0. The van der Waals surface area contributed by atoms with Gasteiger partial charge in [-0.05, 0) is 24.0 Å². The van der Waals surface area contributed by atoms with Crippen LogP contribution in [-0.2, 0) is 17.9 Å². The quantitative estimate of drug-likeness (QED) is 0.815. The minimum atomic E-state index is 0.000492. The summed E-state index contributed by atoms with van der Waals surface area (Å²) in [6.45, 7) is 2.13. The lowest BCUT2D eigenvalue weighted by Gasteiger charge is -2.27. The average molecular weight is 306 g/mol. The van der Waals surface area contributed by atoms with Crippen LogP contribution in [0, 0.1) is 11.3 Å². The Hall–Kier alpha value is -2.15. The number of rotatable bonds is 6. The third-order valence-corrected chi connectivity index (χ3v) is 4.42. The summed E-state index contributed by atoms with van der Waals surface area (Å²) in [5, 5.41) is 9.40. The minimum Gasteiger partial charge on any atom is -0.375 e. The van der Waals surface area contributed by atoms with E-state index in [0.717, 1.165) is 19.4 Å². The molecule has 0 saturated carbocycles. The van der Waals surface area contributed by atoms with Crippen LogP contribution >= 0.6 is 0 Å². The highest BCUT2D eigenvalue weighted by molar-refractivity contribution is 5.16. The third kappa shape index (κ3) is 4.19. The molecule has 0 amide bonds. The maximum atomic E-state index is 9.40. The molecule has 0 spiro atoms. The molecule has 0 aliphatic carbocycles. The zero-order valence-corrected chi connectivity index (χ0v) is 13.3. The van der Waals surface area contributed by atoms with E-state index >= 15 is 0 Å². The van der Waals surface area contributed by atoms with Crippen molar-refractivity contribution in [2.75, 3.05) is 6.61 Å². The van der Waals surface area contributed by atoms with Gasteiger partial charge in [0.2, 0.25) is 0 Å². The lowest BCUT2D eigenvalue weighted by Crippen LogP contribution is -2.37. The lowest BCUT2D eigenvalue weighted by molar-refractivity contribution is 0.0584. The van der Waals surface area contributed by atoms with Gasteiger partial charge in [0.1, 0.15) is 0 Å². The van der Waals surface area contributed by atoms with Crippen LogP contribution in [0.5, 0.6) is 0 Å². The van der Waals surface area contributed by atoms with Crippen molar-refractivity contribution in [1.29, 1.82) is 5.26 Å². The normalized spacial score (nSPS) is 21.2. The summed E-state index contributed by atoms with van der Waals surface area (Å²) in [6.07, 6.45) is 1.96. The molecule has 1 saturated heterocycles. The molecular formula is C20H22N2O. The fourth-order valence-corrected chi connectivity index (χ4v) is 3.17. The Kier molecular flexibility index (Phi) is 5.42. The van der Waals surface area contributed by atoms with Crippen LogP contribution < -0.4 is 0 Å². The fourth-order valence-electron chi connectivity index (χ4n) is 3.17. The Bertz CT molecular complexity index is 636. The summed E-state index contributed by atoms with van der Waals surface area (Å²) in [5.41, 5.74) is 2.44. The van der Waals surface area contributed by atoms with Gasteiger partial charge in [0.05, 0.1) is 25.3 Å². The minimum absolute atomic E-state index is 0.000492. The first-order chi connectivity index (χ1) is 11.4. The van der Waals surface area contributed by atoms with E-state index in [4.69, 9.17) is 4.74 Å². The van der Waals surface area contributed by atoms with Crippen molar-refractivity contribution in [1.82, 2.24) is 4.90 Å². The molecule has 3 nitrogen and oxygen atoms in total. The molecule has 23 heavy (non-hydrogen) atoms. The monoisotopic (exact) mass is 306 g/mol. The van der Waals surface area contributed by atoms with Crippen LogP contribution in [0.3, 0.4) is 0 Å². The first kappa shape index (κ1) is 15.7. The summed E-state index contributed by atoms with van der Waals surface area (Å²) < 4.78 is 5.91. The van der Waals surface area contributed by atoms with Crippen LogP contribution in [0.2, 0.25) is 0 Å². The van der Waals surface area contributed by atoms with Gasteiger partial charge in [0.15, 0.2) is 0 Å². The predicted octanol–water partition coefficient (Wildman–Crippen LogP) is 3.76. The van der Waals surface area contributed by atoms with E-state index in [-0.39, 0.29) is 6.04 Å². The number of ether oxygens (including phenoxy) is 1. The third-order valence-electron chi connectivity index (χ3n) is 4.42. The maximum absolute atomic E-state index is 9.40. The molecule has 1 aliphatic heterocycles. The van der Waals surface area contributed by atoms with E-state index < -0.39 is 0 Å². The molecule has 3 rings (SSSR count). The van der Waals surface area contributed by atoms with Crippen LogP contribution in [0.4, 0.5) is 0 Å². The Morgan fingerprint density at radius 3 is 2.26 bits per heavy atom. The van der Waals surface area contributed by atoms with E-state index in [2.05, 4.69) is 35.2 Å². The van der Waals surface area contributed by atoms with Gasteiger partial charge in [-0.1, -0.05) is 60.7 Å². The van der Waals surface area contributed by atoms with Crippen molar-refractivity contribution in [2.45, 2.75) is 38.1 Å². The fraction of sp³-hybridized carbons (Fsp3) is 0.350. The molecule has 0 bridgehead atoms. The van der Waals surface area contributed by atoms with Gasteiger partial charge in [0.25, 0.3) is 0 Å². The molecule has 1 fully saturated rings. The molecule has 2 aromatic rings.